The predicted molar refractivity (Wildman–Crippen MR) is 140 cm³/mol. The molecule has 0 saturated carbocycles. The lowest BCUT2D eigenvalue weighted by molar-refractivity contribution is -0.144. The highest BCUT2D eigenvalue weighted by Gasteiger charge is 2.40. The molecular weight excluding hydrogens is 434 g/mol. The maximum atomic E-state index is 13.8. The van der Waals surface area contributed by atoms with Crippen molar-refractivity contribution in [2.75, 3.05) is 45.9 Å². The normalized spacial score (nSPS) is 21.1. The van der Waals surface area contributed by atoms with Crippen LogP contribution in [0.1, 0.15) is 30.9 Å². The molecule has 2 aliphatic rings. The molecule has 0 unspecified atom stereocenters. The van der Waals surface area contributed by atoms with E-state index in [2.05, 4.69) is 76.3 Å². The van der Waals surface area contributed by atoms with E-state index in [4.69, 9.17) is 4.74 Å². The lowest BCUT2D eigenvalue weighted by Crippen LogP contribution is -2.50. The number of fused-ring (bicyclic) bond motifs is 1. The number of ether oxygens (including phenoxy) is 1. The average molecular weight is 472 g/mol. The minimum absolute atomic E-state index is 0.276. The Morgan fingerprint density at radius 3 is 2.69 bits per heavy atom. The number of hydrogen-bond donors (Lipinski definition) is 0. The second-order valence-electron chi connectivity index (χ2n) is 10.5. The van der Waals surface area contributed by atoms with E-state index < -0.39 is 0 Å². The van der Waals surface area contributed by atoms with Crippen LogP contribution in [-0.2, 0) is 22.4 Å². The summed E-state index contributed by atoms with van der Waals surface area (Å²) >= 11 is 0. The van der Waals surface area contributed by atoms with Gasteiger partial charge >= 0.3 is 0 Å². The fraction of sp³-hybridized carbons (Fsp3) is 0.467. The van der Waals surface area contributed by atoms with Crippen LogP contribution in [0.15, 0.2) is 66.9 Å². The number of piperidine rings is 1. The van der Waals surface area contributed by atoms with Gasteiger partial charge in [0.15, 0.2) is 0 Å². The monoisotopic (exact) mass is 471 g/mol. The number of carbonyl (C=O) groups excluding carboxylic acids is 1. The molecule has 5 nitrogen and oxygen atoms in total. The van der Waals surface area contributed by atoms with Gasteiger partial charge in [0.1, 0.15) is 0 Å². The highest BCUT2D eigenvalue weighted by Crippen LogP contribution is 2.34. The molecule has 1 aromatic heterocycles. The zero-order valence-corrected chi connectivity index (χ0v) is 20.9. The number of likely N-dealkylation sites (tertiary alicyclic amines) is 1. The smallest absolute Gasteiger partial charge is 0.228 e. The first-order valence-corrected chi connectivity index (χ1v) is 13.1. The third-order valence-electron chi connectivity index (χ3n) is 7.90. The maximum Gasteiger partial charge on any atom is 0.228 e. The van der Waals surface area contributed by atoms with Crippen molar-refractivity contribution in [3.63, 3.8) is 0 Å². The molecule has 0 radical (unpaired) electrons. The zero-order chi connectivity index (χ0) is 24.1. The van der Waals surface area contributed by atoms with Crippen molar-refractivity contribution in [2.24, 2.45) is 11.3 Å². The quantitative estimate of drug-likeness (QED) is 0.527. The Morgan fingerprint density at radius 2 is 1.86 bits per heavy atom. The van der Waals surface area contributed by atoms with Crippen LogP contribution in [0.5, 0.6) is 0 Å². The van der Waals surface area contributed by atoms with Crippen molar-refractivity contribution in [2.45, 2.75) is 32.6 Å². The van der Waals surface area contributed by atoms with Gasteiger partial charge in [0.25, 0.3) is 0 Å². The summed E-state index contributed by atoms with van der Waals surface area (Å²) in [7, 11) is 0. The van der Waals surface area contributed by atoms with Crippen molar-refractivity contribution in [1.29, 1.82) is 0 Å². The Balaban J connectivity index is 1.19. The van der Waals surface area contributed by atoms with Gasteiger partial charge in [-0.15, -0.1) is 0 Å². The lowest BCUT2D eigenvalue weighted by Gasteiger charge is -2.41. The van der Waals surface area contributed by atoms with Crippen molar-refractivity contribution in [3.8, 4) is 0 Å². The van der Waals surface area contributed by atoms with Crippen molar-refractivity contribution >= 4 is 16.8 Å². The minimum atomic E-state index is -0.276. The molecule has 184 valence electrons. The van der Waals surface area contributed by atoms with Crippen molar-refractivity contribution in [1.82, 2.24) is 14.8 Å². The van der Waals surface area contributed by atoms with Gasteiger partial charge < -0.3 is 14.5 Å². The van der Waals surface area contributed by atoms with E-state index in [1.807, 2.05) is 12.3 Å². The Bertz CT molecular complexity index is 1120. The first kappa shape index (κ1) is 24.0. The van der Waals surface area contributed by atoms with Gasteiger partial charge in [0, 0.05) is 42.6 Å². The van der Waals surface area contributed by atoms with Crippen LogP contribution in [0.3, 0.4) is 0 Å². The van der Waals surface area contributed by atoms with E-state index in [0.29, 0.717) is 31.6 Å². The summed E-state index contributed by atoms with van der Waals surface area (Å²) in [5.74, 6) is 0.608. The SMILES string of the molecule is CC1(C(=O)N2CCOC[C@@H](Cc3cccc4ncccc34)C2)CCN(CCc2ccccc2)CC1. The fourth-order valence-electron chi connectivity index (χ4n) is 5.64. The number of aromatic nitrogens is 1. The molecule has 5 heteroatoms. The van der Waals surface area contributed by atoms with Gasteiger partial charge in [0.2, 0.25) is 5.91 Å². The van der Waals surface area contributed by atoms with Gasteiger partial charge in [-0.2, -0.15) is 0 Å². The summed E-state index contributed by atoms with van der Waals surface area (Å²) in [4.78, 5) is 22.9. The third kappa shape index (κ3) is 5.74. The van der Waals surface area contributed by atoms with Crippen molar-refractivity contribution < 1.29 is 9.53 Å². The first-order valence-electron chi connectivity index (χ1n) is 13.1. The Hall–Kier alpha value is -2.76. The Kier molecular flexibility index (Phi) is 7.45. The number of rotatable bonds is 6. The molecular formula is C30H37N3O2. The topological polar surface area (TPSA) is 45.7 Å². The second-order valence-corrected chi connectivity index (χ2v) is 10.5. The number of hydrogen-bond acceptors (Lipinski definition) is 4. The molecule has 3 aromatic rings. The molecule has 2 fully saturated rings. The van der Waals surface area contributed by atoms with Crippen LogP contribution in [0.25, 0.3) is 10.9 Å². The molecule has 0 N–H and O–H groups in total. The molecule has 5 rings (SSSR count). The summed E-state index contributed by atoms with van der Waals surface area (Å²) < 4.78 is 5.97. The van der Waals surface area contributed by atoms with E-state index in [9.17, 15) is 4.79 Å². The standard InChI is InChI=1S/C30H37N3O2/c1-30(13-17-32(18-14-30)16-12-24-7-3-2-4-8-24)29(34)33-19-20-35-23-25(22-33)21-26-9-5-11-28-27(26)10-6-15-31-28/h2-11,15,25H,12-14,16-23H2,1H3/t25-/m0/s1. The highest BCUT2D eigenvalue weighted by molar-refractivity contribution is 5.83. The molecule has 3 heterocycles. The molecule has 0 bridgehead atoms. The van der Waals surface area contributed by atoms with Gasteiger partial charge in [-0.25, -0.2) is 0 Å². The average Bonchev–Trinajstić information content (AvgIpc) is 3.14. The summed E-state index contributed by atoms with van der Waals surface area (Å²) in [6, 6.07) is 21.2. The van der Waals surface area contributed by atoms with Crippen LogP contribution in [0.2, 0.25) is 0 Å². The molecule has 35 heavy (non-hydrogen) atoms. The molecule has 1 amide bonds. The summed E-state index contributed by atoms with van der Waals surface area (Å²) in [5.41, 5.74) is 3.42. The molecule has 2 saturated heterocycles. The molecule has 0 spiro atoms. The first-order chi connectivity index (χ1) is 17.1. The van der Waals surface area contributed by atoms with Crippen LogP contribution in [0, 0.1) is 11.3 Å². The Labute approximate surface area is 209 Å². The number of nitrogens with zero attached hydrogens (tertiary/aromatic N) is 3. The number of carbonyl (C=O) groups is 1. The summed E-state index contributed by atoms with van der Waals surface area (Å²) in [5, 5.41) is 1.20. The van der Waals surface area contributed by atoms with Crippen LogP contribution < -0.4 is 0 Å². The second kappa shape index (κ2) is 10.9. The molecule has 1 atom stereocenters. The van der Waals surface area contributed by atoms with E-state index in [1.54, 1.807) is 0 Å². The summed E-state index contributed by atoms with van der Waals surface area (Å²) in [6.45, 7) is 8.01. The van der Waals surface area contributed by atoms with Gasteiger partial charge in [-0.05, 0) is 62.0 Å². The van der Waals surface area contributed by atoms with E-state index in [1.165, 1.54) is 16.5 Å². The van der Waals surface area contributed by atoms with Crippen LogP contribution in [-0.4, -0.2) is 66.6 Å². The Morgan fingerprint density at radius 1 is 1.03 bits per heavy atom. The molecule has 2 aliphatic heterocycles. The van der Waals surface area contributed by atoms with Crippen LogP contribution in [0.4, 0.5) is 0 Å². The van der Waals surface area contributed by atoms with Crippen LogP contribution >= 0.6 is 0 Å². The minimum Gasteiger partial charge on any atom is -0.379 e. The number of benzene rings is 2. The summed E-state index contributed by atoms with van der Waals surface area (Å²) in [6.07, 6.45) is 5.67. The van der Waals surface area contributed by atoms with Gasteiger partial charge in [0.05, 0.1) is 18.7 Å². The molecule has 0 aliphatic carbocycles. The lowest BCUT2D eigenvalue weighted by atomic mass is 9.78. The van der Waals surface area contributed by atoms with E-state index in [-0.39, 0.29) is 5.41 Å². The fourth-order valence-corrected chi connectivity index (χ4v) is 5.64. The number of pyridine rings is 1. The van der Waals surface area contributed by atoms with E-state index >= 15 is 0 Å². The van der Waals surface area contributed by atoms with Crippen molar-refractivity contribution in [3.05, 3.63) is 78.0 Å². The molecule has 2 aromatic carbocycles. The number of amides is 1. The zero-order valence-electron chi connectivity index (χ0n) is 20.9. The van der Waals surface area contributed by atoms with E-state index in [0.717, 1.165) is 57.4 Å². The predicted octanol–water partition coefficient (Wildman–Crippen LogP) is 4.60. The highest BCUT2D eigenvalue weighted by atomic mass is 16.5. The third-order valence-corrected chi connectivity index (χ3v) is 7.90. The maximum absolute atomic E-state index is 13.8. The van der Waals surface area contributed by atoms with Gasteiger partial charge in [-0.3, -0.25) is 9.78 Å². The van der Waals surface area contributed by atoms with Gasteiger partial charge in [-0.1, -0.05) is 55.5 Å². The largest absolute Gasteiger partial charge is 0.379 e.